The maximum absolute atomic E-state index is 11.9. The smallest absolute Gasteiger partial charge is 0.338 e. The summed E-state index contributed by atoms with van der Waals surface area (Å²) < 4.78 is 9.61. The van der Waals surface area contributed by atoms with Gasteiger partial charge in [-0.05, 0) is 30.5 Å². The summed E-state index contributed by atoms with van der Waals surface area (Å²) >= 11 is 5.87. The lowest BCUT2D eigenvalue weighted by Gasteiger charge is -2.12. The van der Waals surface area contributed by atoms with Gasteiger partial charge in [0, 0.05) is 12.3 Å². The van der Waals surface area contributed by atoms with Gasteiger partial charge in [-0.2, -0.15) is 0 Å². The van der Waals surface area contributed by atoms with Crippen molar-refractivity contribution in [2.75, 3.05) is 13.7 Å². The molecule has 0 amide bonds. The van der Waals surface area contributed by atoms with E-state index in [2.05, 4.69) is 4.74 Å². The number of hydrogen-bond acceptors (Lipinski definition) is 4. The Kier molecular flexibility index (Phi) is 6.36. The number of alkyl halides is 1. The first-order chi connectivity index (χ1) is 9.13. The van der Waals surface area contributed by atoms with Gasteiger partial charge in [-0.3, -0.25) is 4.79 Å². The Morgan fingerprint density at radius 2 is 2.05 bits per heavy atom. The maximum Gasteiger partial charge on any atom is 0.338 e. The van der Waals surface area contributed by atoms with Gasteiger partial charge in [0.05, 0.1) is 19.3 Å². The van der Waals surface area contributed by atoms with Crippen molar-refractivity contribution in [3.05, 3.63) is 34.9 Å². The first-order valence-electron chi connectivity index (χ1n) is 6.04. The average Bonchev–Trinajstić information content (AvgIpc) is 2.44. The first kappa shape index (κ1) is 15.5. The molecular formula is C14H17ClO4. The standard InChI is InChI=1S/C14H17ClO4/c1-3-19-14(17)12-6-4-5-10(9-15)11(12)7-8-13(16)18-2/h4-6H,3,7-9H2,1-2H3. The predicted molar refractivity (Wildman–Crippen MR) is 72.3 cm³/mol. The minimum atomic E-state index is -0.394. The van der Waals surface area contributed by atoms with Crippen LogP contribution in [0.1, 0.15) is 34.8 Å². The Labute approximate surface area is 117 Å². The highest BCUT2D eigenvalue weighted by Gasteiger charge is 2.16. The number of rotatable bonds is 6. The summed E-state index contributed by atoms with van der Waals surface area (Å²) in [6, 6.07) is 5.27. The van der Waals surface area contributed by atoms with Crippen molar-refractivity contribution in [3.63, 3.8) is 0 Å². The van der Waals surface area contributed by atoms with E-state index in [-0.39, 0.29) is 18.3 Å². The largest absolute Gasteiger partial charge is 0.469 e. The van der Waals surface area contributed by atoms with E-state index in [9.17, 15) is 9.59 Å². The minimum Gasteiger partial charge on any atom is -0.469 e. The fraction of sp³-hybridized carbons (Fsp3) is 0.429. The fourth-order valence-electron chi connectivity index (χ4n) is 1.78. The zero-order chi connectivity index (χ0) is 14.3. The monoisotopic (exact) mass is 284 g/mol. The van der Waals surface area contributed by atoms with Gasteiger partial charge in [-0.25, -0.2) is 4.79 Å². The van der Waals surface area contributed by atoms with Crippen LogP contribution in [-0.2, 0) is 26.6 Å². The van der Waals surface area contributed by atoms with Crippen LogP contribution in [0.25, 0.3) is 0 Å². The molecule has 0 heterocycles. The number of carbonyl (C=O) groups is 2. The van der Waals surface area contributed by atoms with Crippen molar-refractivity contribution in [2.24, 2.45) is 0 Å². The summed E-state index contributed by atoms with van der Waals surface area (Å²) in [6.45, 7) is 2.05. The maximum atomic E-state index is 11.9. The minimum absolute atomic E-state index is 0.205. The highest BCUT2D eigenvalue weighted by molar-refractivity contribution is 6.17. The molecule has 1 rings (SSSR count). The van der Waals surface area contributed by atoms with Crippen LogP contribution in [0.2, 0.25) is 0 Å². The van der Waals surface area contributed by atoms with E-state index >= 15 is 0 Å². The van der Waals surface area contributed by atoms with Crippen molar-refractivity contribution in [1.29, 1.82) is 0 Å². The molecule has 1 aromatic carbocycles. The average molecular weight is 285 g/mol. The van der Waals surface area contributed by atoms with E-state index < -0.39 is 5.97 Å². The second kappa shape index (κ2) is 7.79. The summed E-state index contributed by atoms with van der Waals surface area (Å²) in [5.74, 6) is -0.433. The van der Waals surface area contributed by atoms with Crippen molar-refractivity contribution in [2.45, 2.75) is 25.6 Å². The van der Waals surface area contributed by atoms with Crippen molar-refractivity contribution in [3.8, 4) is 0 Å². The quantitative estimate of drug-likeness (QED) is 0.595. The molecule has 0 atom stereocenters. The van der Waals surface area contributed by atoms with E-state index in [1.54, 1.807) is 19.1 Å². The third-order valence-corrected chi connectivity index (χ3v) is 3.01. The van der Waals surface area contributed by atoms with Gasteiger partial charge in [0.2, 0.25) is 0 Å². The lowest BCUT2D eigenvalue weighted by Crippen LogP contribution is -2.12. The topological polar surface area (TPSA) is 52.6 Å². The van der Waals surface area contributed by atoms with E-state index in [1.807, 2.05) is 6.07 Å². The molecule has 1 aromatic rings. The number of esters is 2. The summed E-state index contributed by atoms with van der Waals surface area (Å²) in [5.41, 5.74) is 2.04. The highest BCUT2D eigenvalue weighted by Crippen LogP contribution is 2.20. The molecule has 0 bridgehead atoms. The van der Waals surface area contributed by atoms with Gasteiger partial charge in [-0.15, -0.1) is 11.6 Å². The summed E-state index contributed by atoms with van der Waals surface area (Å²) in [7, 11) is 1.34. The summed E-state index contributed by atoms with van der Waals surface area (Å²) in [6.07, 6.45) is 0.612. The normalized spacial score (nSPS) is 10.1. The first-order valence-corrected chi connectivity index (χ1v) is 6.58. The second-order valence-electron chi connectivity index (χ2n) is 3.87. The summed E-state index contributed by atoms with van der Waals surface area (Å²) in [4.78, 5) is 23.1. The van der Waals surface area contributed by atoms with E-state index in [4.69, 9.17) is 16.3 Å². The Morgan fingerprint density at radius 3 is 2.63 bits per heavy atom. The van der Waals surface area contributed by atoms with Gasteiger partial charge >= 0.3 is 11.9 Å². The summed E-state index contributed by atoms with van der Waals surface area (Å²) in [5, 5.41) is 0. The lowest BCUT2D eigenvalue weighted by atomic mass is 9.97. The molecule has 4 nitrogen and oxygen atoms in total. The molecule has 0 aliphatic carbocycles. The molecule has 0 aromatic heterocycles. The SMILES string of the molecule is CCOC(=O)c1cccc(CCl)c1CCC(=O)OC. The van der Waals surface area contributed by atoms with Crippen LogP contribution >= 0.6 is 11.6 Å². The Hall–Kier alpha value is -1.55. The molecular weight excluding hydrogens is 268 g/mol. The Morgan fingerprint density at radius 1 is 1.32 bits per heavy atom. The van der Waals surface area contributed by atoms with Crippen LogP contribution in [0.5, 0.6) is 0 Å². The van der Waals surface area contributed by atoms with Crippen molar-refractivity contribution < 1.29 is 19.1 Å². The van der Waals surface area contributed by atoms with Gasteiger partial charge in [-0.1, -0.05) is 12.1 Å². The third kappa shape index (κ3) is 4.24. The van der Waals surface area contributed by atoms with Crippen LogP contribution < -0.4 is 0 Å². The second-order valence-corrected chi connectivity index (χ2v) is 4.14. The molecule has 0 N–H and O–H groups in total. The Balaban J connectivity index is 3.02. The molecule has 0 spiro atoms. The molecule has 0 unspecified atom stereocenters. The molecule has 0 saturated heterocycles. The van der Waals surface area contributed by atoms with Gasteiger partial charge in [0.1, 0.15) is 0 Å². The zero-order valence-corrected chi connectivity index (χ0v) is 11.8. The van der Waals surface area contributed by atoms with Crippen LogP contribution in [0.4, 0.5) is 0 Å². The highest BCUT2D eigenvalue weighted by atomic mass is 35.5. The van der Waals surface area contributed by atoms with Gasteiger partial charge in [0.25, 0.3) is 0 Å². The number of hydrogen-bond donors (Lipinski definition) is 0. The zero-order valence-electron chi connectivity index (χ0n) is 11.1. The number of halogens is 1. The molecule has 5 heteroatoms. The third-order valence-electron chi connectivity index (χ3n) is 2.72. The molecule has 104 valence electrons. The van der Waals surface area contributed by atoms with Crippen LogP contribution in [-0.4, -0.2) is 25.7 Å². The fourth-order valence-corrected chi connectivity index (χ4v) is 2.03. The molecule has 0 saturated carbocycles. The van der Waals surface area contributed by atoms with Crippen LogP contribution in [0.3, 0.4) is 0 Å². The van der Waals surface area contributed by atoms with Crippen LogP contribution in [0, 0.1) is 0 Å². The Bertz CT molecular complexity index is 457. The van der Waals surface area contributed by atoms with Gasteiger partial charge < -0.3 is 9.47 Å². The molecule has 0 radical (unpaired) electrons. The van der Waals surface area contributed by atoms with E-state index in [0.717, 1.165) is 11.1 Å². The predicted octanol–water partition coefficient (Wildman–Crippen LogP) is 2.71. The molecule has 19 heavy (non-hydrogen) atoms. The van der Waals surface area contributed by atoms with Gasteiger partial charge in [0.15, 0.2) is 0 Å². The lowest BCUT2D eigenvalue weighted by molar-refractivity contribution is -0.140. The molecule has 0 fully saturated rings. The molecule has 0 aliphatic rings. The van der Waals surface area contributed by atoms with E-state index in [1.165, 1.54) is 7.11 Å². The van der Waals surface area contributed by atoms with Crippen molar-refractivity contribution >= 4 is 23.5 Å². The molecule has 0 aliphatic heterocycles. The van der Waals surface area contributed by atoms with Crippen molar-refractivity contribution in [1.82, 2.24) is 0 Å². The van der Waals surface area contributed by atoms with E-state index in [0.29, 0.717) is 18.6 Å². The number of methoxy groups -OCH3 is 1. The number of benzene rings is 1. The number of ether oxygens (including phenoxy) is 2. The number of carbonyl (C=O) groups excluding carboxylic acids is 2. The van der Waals surface area contributed by atoms with Crippen LogP contribution in [0.15, 0.2) is 18.2 Å².